The minimum absolute atomic E-state index is 0.0391. The van der Waals surface area contributed by atoms with Crippen LogP contribution in [0.15, 0.2) is 0 Å². The predicted molar refractivity (Wildman–Crippen MR) is 86.5 cm³/mol. The standard InChI is InChI=1S/C12H18ClN5O.C2H6/c1-7(14)9-10(15)16-12(13)17-11(9)19-6-8-4-3-5-18(8)2;1-2/h8,14H,3-6H2,1-2H3,(H2,15,16,17);1-2H3/t8-;/m0./s1. The molecule has 1 aromatic rings. The zero-order valence-electron chi connectivity index (χ0n) is 13.1. The maximum atomic E-state index is 7.72. The van der Waals surface area contributed by atoms with Gasteiger partial charge in [0.2, 0.25) is 11.2 Å². The third kappa shape index (κ3) is 4.54. The van der Waals surface area contributed by atoms with E-state index >= 15 is 0 Å². The number of anilines is 1. The number of likely N-dealkylation sites (tertiary alicyclic amines) is 1. The van der Waals surface area contributed by atoms with Crippen LogP contribution in [0.1, 0.15) is 39.2 Å². The summed E-state index contributed by atoms with van der Waals surface area (Å²) in [6.07, 6.45) is 2.28. The molecular weight excluding hydrogens is 290 g/mol. The molecule has 3 N–H and O–H groups in total. The molecule has 1 aliphatic rings. The SMILES string of the molecule is CC.CC(=N)c1c(N)nc(Cl)nc1OC[C@@H]1CCCN1C. The lowest BCUT2D eigenvalue weighted by atomic mass is 10.2. The molecule has 2 rings (SSSR count). The first-order valence-corrected chi connectivity index (χ1v) is 7.58. The number of likely N-dealkylation sites (N-methyl/N-ethyl adjacent to an activating group) is 1. The molecule has 1 aliphatic heterocycles. The Morgan fingerprint density at radius 3 is 2.67 bits per heavy atom. The summed E-state index contributed by atoms with van der Waals surface area (Å²) in [4.78, 5) is 10.1. The fraction of sp³-hybridized carbons (Fsp3) is 0.643. The van der Waals surface area contributed by atoms with E-state index in [4.69, 9.17) is 27.5 Å². The summed E-state index contributed by atoms with van der Waals surface area (Å²) >= 11 is 5.79. The van der Waals surface area contributed by atoms with Crippen LogP contribution in [0.5, 0.6) is 5.88 Å². The quantitative estimate of drug-likeness (QED) is 0.659. The molecule has 0 spiro atoms. The van der Waals surface area contributed by atoms with Crippen LogP contribution in [0.2, 0.25) is 5.28 Å². The first-order chi connectivity index (χ1) is 9.99. The normalized spacial score (nSPS) is 18.0. The molecule has 0 aliphatic carbocycles. The zero-order chi connectivity index (χ0) is 16.0. The van der Waals surface area contributed by atoms with E-state index in [9.17, 15) is 0 Å². The highest BCUT2D eigenvalue weighted by Crippen LogP contribution is 2.24. The van der Waals surface area contributed by atoms with E-state index in [0.717, 1.165) is 13.0 Å². The Morgan fingerprint density at radius 2 is 2.14 bits per heavy atom. The van der Waals surface area contributed by atoms with Gasteiger partial charge >= 0.3 is 0 Å². The first-order valence-electron chi connectivity index (χ1n) is 7.20. The molecule has 6 nitrogen and oxygen atoms in total. The van der Waals surface area contributed by atoms with E-state index in [0.29, 0.717) is 24.1 Å². The Bertz CT molecular complexity index is 494. The van der Waals surface area contributed by atoms with Crippen molar-refractivity contribution < 1.29 is 4.74 Å². The number of ether oxygens (including phenoxy) is 1. The van der Waals surface area contributed by atoms with E-state index in [1.807, 2.05) is 13.8 Å². The van der Waals surface area contributed by atoms with Gasteiger partial charge in [0.15, 0.2) is 0 Å². The van der Waals surface area contributed by atoms with Crippen molar-refractivity contribution in [1.29, 1.82) is 5.41 Å². The lowest BCUT2D eigenvalue weighted by Crippen LogP contribution is -2.31. The molecule has 0 saturated carbocycles. The Kier molecular flexibility index (Phi) is 6.84. The van der Waals surface area contributed by atoms with Gasteiger partial charge in [-0.25, -0.2) is 4.98 Å². The number of halogens is 1. The highest BCUT2D eigenvalue weighted by atomic mass is 35.5. The maximum absolute atomic E-state index is 7.72. The van der Waals surface area contributed by atoms with Gasteiger partial charge in [0, 0.05) is 11.8 Å². The number of nitrogens with two attached hydrogens (primary N) is 1. The van der Waals surface area contributed by atoms with E-state index < -0.39 is 0 Å². The Hall–Kier alpha value is -1.40. The van der Waals surface area contributed by atoms with Crippen LogP contribution in [0, 0.1) is 5.41 Å². The topological polar surface area (TPSA) is 88.1 Å². The summed E-state index contributed by atoms with van der Waals surface area (Å²) in [5.74, 6) is 0.479. The van der Waals surface area contributed by atoms with Crippen molar-refractivity contribution in [2.24, 2.45) is 0 Å². The molecule has 7 heteroatoms. The van der Waals surface area contributed by atoms with Crippen molar-refractivity contribution in [2.45, 2.75) is 39.7 Å². The number of nitrogens with zero attached hydrogens (tertiary/aromatic N) is 3. The van der Waals surface area contributed by atoms with Crippen LogP contribution >= 0.6 is 11.6 Å². The third-order valence-electron chi connectivity index (χ3n) is 3.34. The summed E-state index contributed by atoms with van der Waals surface area (Å²) in [6, 6.07) is 0.369. The number of hydrogen-bond donors (Lipinski definition) is 2. The van der Waals surface area contributed by atoms with E-state index in [2.05, 4.69) is 21.9 Å². The van der Waals surface area contributed by atoms with Crippen LogP contribution in [-0.2, 0) is 0 Å². The lowest BCUT2D eigenvalue weighted by Gasteiger charge is -2.20. The minimum atomic E-state index is 0.0391. The average molecular weight is 314 g/mol. The third-order valence-corrected chi connectivity index (χ3v) is 3.50. The molecule has 2 heterocycles. The largest absolute Gasteiger partial charge is 0.475 e. The van der Waals surface area contributed by atoms with Crippen molar-refractivity contribution in [1.82, 2.24) is 14.9 Å². The van der Waals surface area contributed by atoms with Crippen LogP contribution in [-0.4, -0.2) is 46.8 Å². The second kappa shape index (κ2) is 8.14. The molecule has 1 atom stereocenters. The molecule has 0 amide bonds. The van der Waals surface area contributed by atoms with Gasteiger partial charge in [0.05, 0.1) is 5.56 Å². The Balaban J connectivity index is 0.00000106. The maximum Gasteiger partial charge on any atom is 0.229 e. The van der Waals surface area contributed by atoms with E-state index in [1.165, 1.54) is 6.42 Å². The predicted octanol–water partition coefficient (Wildman–Crippen LogP) is 2.60. The van der Waals surface area contributed by atoms with Crippen molar-refractivity contribution >= 4 is 23.1 Å². The van der Waals surface area contributed by atoms with Crippen molar-refractivity contribution in [2.75, 3.05) is 25.9 Å². The Morgan fingerprint density at radius 1 is 1.48 bits per heavy atom. The summed E-state index contributed by atoms with van der Waals surface area (Å²) < 4.78 is 5.72. The highest BCUT2D eigenvalue weighted by molar-refractivity contribution is 6.28. The van der Waals surface area contributed by atoms with Gasteiger partial charge in [0.25, 0.3) is 0 Å². The van der Waals surface area contributed by atoms with Crippen LogP contribution in [0.3, 0.4) is 0 Å². The van der Waals surface area contributed by atoms with E-state index in [1.54, 1.807) is 6.92 Å². The van der Waals surface area contributed by atoms with Crippen molar-refractivity contribution in [3.05, 3.63) is 10.8 Å². The van der Waals surface area contributed by atoms with Gasteiger partial charge in [-0.3, -0.25) is 0 Å². The van der Waals surface area contributed by atoms with Gasteiger partial charge < -0.3 is 20.8 Å². The Labute approximate surface area is 131 Å². The number of aromatic nitrogens is 2. The summed E-state index contributed by atoms with van der Waals surface area (Å²) in [5, 5.41) is 7.76. The van der Waals surface area contributed by atoms with Crippen molar-refractivity contribution in [3.8, 4) is 5.88 Å². The molecular formula is C14H24ClN5O. The first kappa shape index (κ1) is 17.7. The number of rotatable bonds is 4. The number of nitrogens with one attached hydrogen (secondary N) is 1. The van der Waals surface area contributed by atoms with Crippen LogP contribution in [0.25, 0.3) is 0 Å². The fourth-order valence-electron chi connectivity index (χ4n) is 2.25. The highest BCUT2D eigenvalue weighted by Gasteiger charge is 2.23. The van der Waals surface area contributed by atoms with Crippen LogP contribution in [0.4, 0.5) is 5.82 Å². The lowest BCUT2D eigenvalue weighted by molar-refractivity contribution is 0.193. The molecule has 1 fully saturated rings. The molecule has 1 aromatic heterocycles. The second-order valence-electron chi connectivity index (χ2n) is 4.77. The molecule has 0 bridgehead atoms. The zero-order valence-corrected chi connectivity index (χ0v) is 13.9. The minimum Gasteiger partial charge on any atom is -0.475 e. The molecule has 0 aromatic carbocycles. The van der Waals surface area contributed by atoms with Gasteiger partial charge in [-0.15, -0.1) is 0 Å². The van der Waals surface area contributed by atoms with Gasteiger partial charge in [-0.1, -0.05) is 13.8 Å². The summed E-state index contributed by atoms with van der Waals surface area (Å²) in [7, 11) is 2.07. The number of nitrogen functional groups attached to an aromatic ring is 1. The summed E-state index contributed by atoms with van der Waals surface area (Å²) in [5.41, 5.74) is 6.46. The van der Waals surface area contributed by atoms with E-state index in [-0.39, 0.29) is 16.8 Å². The average Bonchev–Trinajstić information content (AvgIpc) is 2.83. The van der Waals surface area contributed by atoms with Gasteiger partial charge in [0.1, 0.15) is 12.4 Å². The molecule has 0 unspecified atom stereocenters. The van der Waals surface area contributed by atoms with Gasteiger partial charge in [-0.05, 0) is 45.0 Å². The monoisotopic (exact) mass is 313 g/mol. The second-order valence-corrected chi connectivity index (χ2v) is 5.11. The van der Waals surface area contributed by atoms with Crippen molar-refractivity contribution in [3.63, 3.8) is 0 Å². The molecule has 0 radical (unpaired) electrons. The number of hydrogen-bond acceptors (Lipinski definition) is 6. The van der Waals surface area contributed by atoms with Crippen LogP contribution < -0.4 is 10.5 Å². The van der Waals surface area contributed by atoms with Gasteiger partial charge in [-0.2, -0.15) is 4.98 Å². The molecule has 1 saturated heterocycles. The summed E-state index contributed by atoms with van der Waals surface area (Å²) in [6.45, 7) is 7.22. The smallest absolute Gasteiger partial charge is 0.229 e. The fourth-order valence-corrected chi connectivity index (χ4v) is 2.42. The molecule has 118 valence electrons. The molecule has 21 heavy (non-hydrogen) atoms.